The monoisotopic (exact) mass is 301 g/mol. The maximum Gasteiger partial charge on any atom is 0.321 e. The summed E-state index contributed by atoms with van der Waals surface area (Å²) >= 11 is 0. The molecule has 0 aromatic heterocycles. The van der Waals surface area contributed by atoms with Gasteiger partial charge in [-0.2, -0.15) is 0 Å². The van der Waals surface area contributed by atoms with E-state index in [4.69, 9.17) is 9.47 Å². The molecule has 6 heteroatoms. The van der Waals surface area contributed by atoms with Crippen LogP contribution in [0.5, 0.6) is 0 Å². The van der Waals surface area contributed by atoms with E-state index in [9.17, 15) is 15.0 Å². The molecule has 21 heavy (non-hydrogen) atoms. The van der Waals surface area contributed by atoms with E-state index in [2.05, 4.69) is 0 Å². The zero-order valence-corrected chi connectivity index (χ0v) is 12.9. The number of methoxy groups -OCH3 is 1. The lowest BCUT2D eigenvalue weighted by atomic mass is 9.94. The lowest BCUT2D eigenvalue weighted by Crippen LogP contribution is -2.44. The lowest BCUT2D eigenvalue weighted by Gasteiger charge is -2.26. The number of aliphatic hydroxyl groups excluding tert-OH is 1. The fraction of sp³-hybridized carbons (Fsp3) is 0.933. The first-order valence-electron chi connectivity index (χ1n) is 7.78. The van der Waals surface area contributed by atoms with Crippen LogP contribution in [0.25, 0.3) is 0 Å². The van der Waals surface area contributed by atoms with Crippen LogP contribution in [0.3, 0.4) is 0 Å². The molecule has 1 saturated carbocycles. The molecule has 6 nitrogen and oxygen atoms in total. The number of carboxylic acids is 1. The number of ether oxygens (including phenoxy) is 2. The third kappa shape index (κ3) is 4.16. The summed E-state index contributed by atoms with van der Waals surface area (Å²) in [5.41, 5.74) is 0. The normalized spacial score (nSPS) is 32.0. The maximum absolute atomic E-state index is 11.5. The topological polar surface area (TPSA) is 79.2 Å². The smallest absolute Gasteiger partial charge is 0.321 e. The number of rotatable bonds is 8. The van der Waals surface area contributed by atoms with Crippen molar-refractivity contribution in [3.8, 4) is 0 Å². The number of likely N-dealkylation sites (tertiary alicyclic amines) is 1. The standard InChI is InChI=1S/C15H27NO5/c1-10(8-20-2)21-9-12(17)7-16-6-11-4-3-5-13(11)14(16)15(18)19/h10-14,17H,3-9H2,1-2H3,(H,18,19). The molecular weight excluding hydrogens is 274 g/mol. The molecule has 0 aromatic rings. The van der Waals surface area contributed by atoms with E-state index in [1.165, 1.54) is 0 Å². The third-order valence-electron chi connectivity index (χ3n) is 4.66. The van der Waals surface area contributed by atoms with Crippen LogP contribution < -0.4 is 0 Å². The number of carboxylic acid groups (broad SMARTS) is 1. The molecule has 1 heterocycles. The molecule has 122 valence electrons. The average Bonchev–Trinajstić information content (AvgIpc) is 2.96. The van der Waals surface area contributed by atoms with Gasteiger partial charge in [-0.1, -0.05) is 6.42 Å². The Morgan fingerprint density at radius 2 is 2.14 bits per heavy atom. The van der Waals surface area contributed by atoms with Crippen LogP contribution in [-0.4, -0.2) is 72.7 Å². The zero-order chi connectivity index (χ0) is 15.4. The SMILES string of the molecule is COCC(C)OCC(O)CN1CC2CCCC2C1C(=O)O. The van der Waals surface area contributed by atoms with E-state index < -0.39 is 18.1 Å². The van der Waals surface area contributed by atoms with Gasteiger partial charge >= 0.3 is 5.97 Å². The first-order valence-corrected chi connectivity index (χ1v) is 7.78. The first-order chi connectivity index (χ1) is 10.0. The minimum Gasteiger partial charge on any atom is -0.480 e. The van der Waals surface area contributed by atoms with Crippen molar-refractivity contribution < 1.29 is 24.5 Å². The highest BCUT2D eigenvalue weighted by Gasteiger charge is 2.47. The molecule has 5 unspecified atom stereocenters. The van der Waals surface area contributed by atoms with Crippen LogP contribution in [0, 0.1) is 11.8 Å². The van der Waals surface area contributed by atoms with E-state index in [0.29, 0.717) is 19.1 Å². The molecule has 0 amide bonds. The summed E-state index contributed by atoms with van der Waals surface area (Å²) in [6.45, 7) is 3.73. The number of aliphatic hydroxyl groups is 1. The van der Waals surface area contributed by atoms with Crippen molar-refractivity contribution in [1.29, 1.82) is 0 Å². The zero-order valence-electron chi connectivity index (χ0n) is 12.9. The highest BCUT2D eigenvalue weighted by Crippen LogP contribution is 2.42. The van der Waals surface area contributed by atoms with Gasteiger partial charge in [0.1, 0.15) is 6.04 Å². The Labute approximate surface area is 126 Å². The van der Waals surface area contributed by atoms with E-state index in [-0.39, 0.29) is 18.6 Å². The fourth-order valence-corrected chi connectivity index (χ4v) is 3.80. The molecule has 1 saturated heterocycles. The Hall–Kier alpha value is -0.690. The minimum atomic E-state index is -0.759. The quantitative estimate of drug-likeness (QED) is 0.683. The van der Waals surface area contributed by atoms with Crippen molar-refractivity contribution in [2.75, 3.05) is 33.4 Å². The van der Waals surface area contributed by atoms with E-state index >= 15 is 0 Å². The van der Waals surface area contributed by atoms with Gasteiger partial charge in [-0.15, -0.1) is 0 Å². The number of carbonyl (C=O) groups is 1. The molecule has 1 aliphatic heterocycles. The van der Waals surface area contributed by atoms with E-state index in [0.717, 1.165) is 25.8 Å². The molecule has 0 bridgehead atoms. The maximum atomic E-state index is 11.5. The lowest BCUT2D eigenvalue weighted by molar-refractivity contribution is -0.144. The summed E-state index contributed by atoms with van der Waals surface area (Å²) < 4.78 is 10.5. The van der Waals surface area contributed by atoms with Crippen LogP contribution in [-0.2, 0) is 14.3 Å². The third-order valence-corrected chi connectivity index (χ3v) is 4.66. The molecule has 0 aromatic carbocycles. The Balaban J connectivity index is 1.82. The summed E-state index contributed by atoms with van der Waals surface area (Å²) in [6.07, 6.45) is 2.51. The Morgan fingerprint density at radius 3 is 2.81 bits per heavy atom. The second kappa shape index (κ2) is 7.54. The van der Waals surface area contributed by atoms with Gasteiger partial charge in [-0.3, -0.25) is 9.69 Å². The van der Waals surface area contributed by atoms with Gasteiger partial charge in [0, 0.05) is 20.2 Å². The molecular formula is C15H27NO5. The second-order valence-electron chi connectivity index (χ2n) is 6.34. The number of hydrogen-bond acceptors (Lipinski definition) is 5. The van der Waals surface area contributed by atoms with Crippen LogP contribution in [0.4, 0.5) is 0 Å². The van der Waals surface area contributed by atoms with Crippen molar-refractivity contribution in [2.45, 2.75) is 44.4 Å². The number of aliphatic carboxylic acids is 1. The molecule has 5 atom stereocenters. The van der Waals surface area contributed by atoms with Gasteiger partial charge in [0.25, 0.3) is 0 Å². The Bertz CT molecular complexity index is 351. The van der Waals surface area contributed by atoms with Gasteiger partial charge in [0.15, 0.2) is 0 Å². The molecule has 0 radical (unpaired) electrons. The van der Waals surface area contributed by atoms with E-state index in [1.54, 1.807) is 7.11 Å². The van der Waals surface area contributed by atoms with Crippen molar-refractivity contribution in [3.05, 3.63) is 0 Å². The summed E-state index contributed by atoms with van der Waals surface area (Å²) in [4.78, 5) is 13.4. The van der Waals surface area contributed by atoms with Crippen molar-refractivity contribution in [2.24, 2.45) is 11.8 Å². The fourth-order valence-electron chi connectivity index (χ4n) is 3.80. The molecule has 2 aliphatic rings. The van der Waals surface area contributed by atoms with Crippen LogP contribution in [0.1, 0.15) is 26.2 Å². The van der Waals surface area contributed by atoms with E-state index in [1.807, 2.05) is 11.8 Å². The highest BCUT2D eigenvalue weighted by molar-refractivity contribution is 5.74. The Morgan fingerprint density at radius 1 is 1.38 bits per heavy atom. The average molecular weight is 301 g/mol. The molecule has 2 rings (SSSR count). The summed E-state index contributed by atoms with van der Waals surface area (Å²) in [6, 6.07) is -0.441. The summed E-state index contributed by atoms with van der Waals surface area (Å²) in [5, 5.41) is 19.5. The largest absolute Gasteiger partial charge is 0.480 e. The van der Waals surface area contributed by atoms with Crippen LogP contribution in [0.2, 0.25) is 0 Å². The van der Waals surface area contributed by atoms with Gasteiger partial charge in [-0.25, -0.2) is 0 Å². The van der Waals surface area contributed by atoms with Gasteiger partial charge < -0.3 is 19.7 Å². The predicted molar refractivity (Wildman–Crippen MR) is 77.1 cm³/mol. The second-order valence-corrected chi connectivity index (χ2v) is 6.34. The molecule has 2 fully saturated rings. The Kier molecular flexibility index (Phi) is 5.98. The summed E-state index contributed by atoms with van der Waals surface area (Å²) in [5.74, 6) is -0.0278. The van der Waals surface area contributed by atoms with Crippen LogP contribution >= 0.6 is 0 Å². The molecule has 2 N–H and O–H groups in total. The van der Waals surface area contributed by atoms with Crippen molar-refractivity contribution in [3.63, 3.8) is 0 Å². The summed E-state index contributed by atoms with van der Waals surface area (Å²) in [7, 11) is 1.61. The van der Waals surface area contributed by atoms with Crippen molar-refractivity contribution in [1.82, 2.24) is 4.90 Å². The first kappa shape index (κ1) is 16.7. The predicted octanol–water partition coefficient (Wildman–Crippen LogP) is 0.584. The minimum absolute atomic E-state index is 0.0714. The van der Waals surface area contributed by atoms with Gasteiger partial charge in [0.2, 0.25) is 0 Å². The number of β-amino-alcohol motifs (C(OH)–C–C–N with tert-alkyl or cyclic N) is 1. The highest BCUT2D eigenvalue weighted by atomic mass is 16.5. The molecule has 1 aliphatic carbocycles. The van der Waals surface area contributed by atoms with Crippen LogP contribution in [0.15, 0.2) is 0 Å². The van der Waals surface area contributed by atoms with Gasteiger partial charge in [-0.05, 0) is 31.6 Å². The molecule has 0 spiro atoms. The van der Waals surface area contributed by atoms with Gasteiger partial charge in [0.05, 0.1) is 25.4 Å². The van der Waals surface area contributed by atoms with Crippen molar-refractivity contribution >= 4 is 5.97 Å². The number of fused-ring (bicyclic) bond motifs is 1. The number of nitrogens with zero attached hydrogens (tertiary/aromatic N) is 1. The number of hydrogen-bond donors (Lipinski definition) is 2.